The van der Waals surface area contributed by atoms with Gasteiger partial charge in [-0.15, -0.1) is 0 Å². The van der Waals surface area contributed by atoms with Gasteiger partial charge in [0, 0.05) is 12.5 Å². The second-order valence-electron chi connectivity index (χ2n) is 2.70. The Morgan fingerprint density at radius 1 is 1.40 bits per heavy atom. The Bertz CT molecular complexity index is 85.7. The average molecular weight is 147 g/mol. The molecule has 0 aliphatic carbocycles. The highest BCUT2D eigenvalue weighted by Gasteiger charge is 2.20. The zero-order chi connectivity index (χ0) is 8.15. The van der Waals surface area contributed by atoms with Crippen LogP contribution in [-0.4, -0.2) is 23.0 Å². The molecule has 2 atom stereocenters. The van der Waals surface area contributed by atoms with Crippen molar-refractivity contribution in [3.8, 4) is 0 Å². The van der Waals surface area contributed by atoms with Crippen LogP contribution in [0.5, 0.6) is 0 Å². The minimum atomic E-state index is -1.26. The van der Waals surface area contributed by atoms with Crippen LogP contribution in [0.25, 0.3) is 0 Å². The molecule has 0 heterocycles. The van der Waals surface area contributed by atoms with Crippen LogP contribution in [-0.2, 0) is 0 Å². The van der Waals surface area contributed by atoms with E-state index in [1.165, 1.54) is 0 Å². The van der Waals surface area contributed by atoms with Crippen LogP contribution in [0, 0.1) is 11.8 Å². The first-order chi connectivity index (χ1) is 4.63. The number of aliphatic hydroxyl groups excluding tert-OH is 1. The molecule has 0 aromatic heterocycles. The van der Waals surface area contributed by atoms with Gasteiger partial charge in [-0.1, -0.05) is 20.3 Å². The van der Waals surface area contributed by atoms with Crippen LogP contribution in [0.4, 0.5) is 0 Å². The van der Waals surface area contributed by atoms with Gasteiger partial charge < -0.3 is 15.9 Å². The third-order valence-electron chi connectivity index (χ3n) is 2.03. The summed E-state index contributed by atoms with van der Waals surface area (Å²) in [4.78, 5) is 0. The van der Waals surface area contributed by atoms with Crippen molar-refractivity contribution in [1.82, 2.24) is 0 Å². The Morgan fingerprint density at radius 2 is 1.90 bits per heavy atom. The van der Waals surface area contributed by atoms with Gasteiger partial charge in [0.2, 0.25) is 0 Å². The van der Waals surface area contributed by atoms with Gasteiger partial charge in [-0.3, -0.25) is 0 Å². The summed E-state index contributed by atoms with van der Waals surface area (Å²) in [5.41, 5.74) is 5.33. The van der Waals surface area contributed by atoms with E-state index in [0.717, 1.165) is 6.42 Å². The minimum absolute atomic E-state index is 0.176. The lowest BCUT2D eigenvalue weighted by atomic mass is 9.91. The molecule has 10 heavy (non-hydrogen) atoms. The topological polar surface area (TPSA) is 66.5 Å². The maximum atomic E-state index is 8.79. The molecule has 0 bridgehead atoms. The van der Waals surface area contributed by atoms with Crippen LogP contribution in [0.15, 0.2) is 0 Å². The van der Waals surface area contributed by atoms with Gasteiger partial charge in [0.15, 0.2) is 6.29 Å². The maximum Gasteiger partial charge on any atom is 0.155 e. The van der Waals surface area contributed by atoms with E-state index in [0.29, 0.717) is 6.54 Å². The number of aliphatic hydroxyl groups is 2. The van der Waals surface area contributed by atoms with Crippen molar-refractivity contribution in [3.05, 3.63) is 0 Å². The Hall–Kier alpha value is -0.120. The number of nitrogens with two attached hydrogens (primary N) is 1. The molecule has 0 saturated carbocycles. The fourth-order valence-electron chi connectivity index (χ4n) is 0.951. The lowest BCUT2D eigenvalue weighted by Crippen LogP contribution is -2.32. The largest absolute Gasteiger partial charge is 0.368 e. The summed E-state index contributed by atoms with van der Waals surface area (Å²) in [6, 6.07) is 0. The Morgan fingerprint density at radius 3 is 2.00 bits per heavy atom. The van der Waals surface area contributed by atoms with Crippen molar-refractivity contribution >= 4 is 0 Å². The van der Waals surface area contributed by atoms with Gasteiger partial charge in [0.05, 0.1) is 0 Å². The first-order valence-electron chi connectivity index (χ1n) is 3.69. The van der Waals surface area contributed by atoms with E-state index in [2.05, 4.69) is 0 Å². The van der Waals surface area contributed by atoms with E-state index in [1.54, 1.807) is 0 Å². The van der Waals surface area contributed by atoms with E-state index < -0.39 is 6.29 Å². The summed E-state index contributed by atoms with van der Waals surface area (Å²) in [6.45, 7) is 4.32. The summed E-state index contributed by atoms with van der Waals surface area (Å²) in [7, 11) is 0. The highest BCUT2D eigenvalue weighted by molar-refractivity contribution is 4.67. The smallest absolute Gasteiger partial charge is 0.155 e. The molecule has 0 rings (SSSR count). The zero-order valence-corrected chi connectivity index (χ0v) is 6.62. The first kappa shape index (κ1) is 9.88. The van der Waals surface area contributed by atoms with Crippen LogP contribution in [0.3, 0.4) is 0 Å². The monoisotopic (exact) mass is 147 g/mol. The van der Waals surface area contributed by atoms with Crippen molar-refractivity contribution in [2.75, 3.05) is 6.54 Å². The van der Waals surface area contributed by atoms with E-state index in [-0.39, 0.29) is 11.8 Å². The summed E-state index contributed by atoms with van der Waals surface area (Å²) in [6.07, 6.45) is -0.334. The van der Waals surface area contributed by atoms with Gasteiger partial charge >= 0.3 is 0 Å². The molecule has 0 aromatic carbocycles. The van der Waals surface area contributed by atoms with Crippen LogP contribution < -0.4 is 5.73 Å². The molecule has 0 aliphatic heterocycles. The normalized spacial score (nSPS) is 17.4. The van der Waals surface area contributed by atoms with E-state index in [4.69, 9.17) is 15.9 Å². The summed E-state index contributed by atoms with van der Waals surface area (Å²) < 4.78 is 0. The predicted octanol–water partition coefficient (Wildman–Crippen LogP) is -0.0819. The van der Waals surface area contributed by atoms with E-state index in [1.807, 2.05) is 13.8 Å². The fraction of sp³-hybridized carbons (Fsp3) is 1.00. The predicted molar refractivity (Wildman–Crippen MR) is 40.2 cm³/mol. The van der Waals surface area contributed by atoms with E-state index in [9.17, 15) is 0 Å². The summed E-state index contributed by atoms with van der Waals surface area (Å²) in [5.74, 6) is 0.106. The molecular formula is C7H17NO2. The molecule has 62 valence electrons. The van der Waals surface area contributed by atoms with Crippen molar-refractivity contribution in [3.63, 3.8) is 0 Å². The highest BCUT2D eigenvalue weighted by atomic mass is 16.5. The molecule has 0 aliphatic rings. The van der Waals surface area contributed by atoms with E-state index >= 15 is 0 Å². The SMILES string of the molecule is CCC(C)C(CN)C(O)O. The van der Waals surface area contributed by atoms with Crippen LogP contribution in [0.1, 0.15) is 20.3 Å². The van der Waals surface area contributed by atoms with Gasteiger partial charge in [-0.05, 0) is 5.92 Å². The fourth-order valence-corrected chi connectivity index (χ4v) is 0.951. The van der Waals surface area contributed by atoms with Gasteiger partial charge in [0.1, 0.15) is 0 Å². The second kappa shape index (κ2) is 4.66. The molecule has 0 saturated heterocycles. The highest BCUT2D eigenvalue weighted by Crippen LogP contribution is 2.16. The van der Waals surface area contributed by atoms with Crippen molar-refractivity contribution in [2.45, 2.75) is 26.6 Å². The molecule has 0 radical (unpaired) electrons. The summed E-state index contributed by atoms with van der Waals surface area (Å²) >= 11 is 0. The van der Waals surface area contributed by atoms with Gasteiger partial charge in [0.25, 0.3) is 0 Å². The van der Waals surface area contributed by atoms with Crippen molar-refractivity contribution in [2.24, 2.45) is 17.6 Å². The number of hydrogen-bond donors (Lipinski definition) is 3. The van der Waals surface area contributed by atoms with Gasteiger partial charge in [-0.25, -0.2) is 0 Å². The lowest BCUT2D eigenvalue weighted by molar-refractivity contribution is -0.0954. The third-order valence-corrected chi connectivity index (χ3v) is 2.03. The van der Waals surface area contributed by atoms with Crippen LogP contribution >= 0.6 is 0 Å². The first-order valence-corrected chi connectivity index (χ1v) is 3.69. The molecule has 3 nitrogen and oxygen atoms in total. The lowest BCUT2D eigenvalue weighted by Gasteiger charge is -2.22. The molecular weight excluding hydrogens is 130 g/mol. The quantitative estimate of drug-likeness (QED) is 0.487. The average Bonchev–Trinajstić information content (AvgIpc) is 1.88. The Kier molecular flexibility index (Phi) is 4.60. The zero-order valence-electron chi connectivity index (χ0n) is 6.62. The molecule has 2 unspecified atom stereocenters. The Labute approximate surface area is 61.9 Å². The standard InChI is InChI=1S/C7H17NO2/c1-3-5(2)6(4-8)7(9)10/h5-7,9-10H,3-4,8H2,1-2H3. The van der Waals surface area contributed by atoms with Crippen LogP contribution in [0.2, 0.25) is 0 Å². The molecule has 4 N–H and O–H groups in total. The van der Waals surface area contributed by atoms with Gasteiger partial charge in [-0.2, -0.15) is 0 Å². The second-order valence-corrected chi connectivity index (χ2v) is 2.70. The number of rotatable bonds is 4. The molecule has 0 amide bonds. The van der Waals surface area contributed by atoms with Crippen molar-refractivity contribution < 1.29 is 10.2 Å². The third kappa shape index (κ3) is 2.64. The Balaban J connectivity index is 3.80. The minimum Gasteiger partial charge on any atom is -0.368 e. The molecule has 0 spiro atoms. The summed E-state index contributed by atoms with van der Waals surface area (Å²) in [5, 5.41) is 17.6. The molecule has 0 aromatic rings. The molecule has 3 heteroatoms. The van der Waals surface area contributed by atoms with Crippen molar-refractivity contribution in [1.29, 1.82) is 0 Å². The molecule has 0 fully saturated rings. The number of hydrogen-bond acceptors (Lipinski definition) is 3. The maximum absolute atomic E-state index is 8.79.